The number of halogens is 1. The molecule has 4 rings (SSSR count). The molecule has 0 spiro atoms. The van der Waals surface area contributed by atoms with Gasteiger partial charge in [-0.2, -0.15) is 0 Å². The highest BCUT2D eigenvalue weighted by molar-refractivity contribution is 5.94. The van der Waals surface area contributed by atoms with Gasteiger partial charge >= 0.3 is 0 Å². The molecule has 0 saturated heterocycles. The summed E-state index contributed by atoms with van der Waals surface area (Å²) in [5.41, 5.74) is 4.37. The number of aromatic nitrogens is 1. The van der Waals surface area contributed by atoms with Crippen molar-refractivity contribution in [2.24, 2.45) is 7.05 Å². The molecule has 0 unspecified atom stereocenters. The van der Waals surface area contributed by atoms with E-state index >= 15 is 0 Å². The van der Waals surface area contributed by atoms with Gasteiger partial charge in [0.25, 0.3) is 0 Å². The van der Waals surface area contributed by atoms with Crippen molar-refractivity contribution in [3.63, 3.8) is 0 Å². The van der Waals surface area contributed by atoms with E-state index in [2.05, 4.69) is 4.57 Å². The molecule has 0 aliphatic heterocycles. The van der Waals surface area contributed by atoms with Crippen molar-refractivity contribution in [2.45, 2.75) is 6.92 Å². The van der Waals surface area contributed by atoms with E-state index in [1.807, 2.05) is 74.8 Å². The smallest absolute Gasteiger partial charge is 0.206 e. The van der Waals surface area contributed by atoms with Gasteiger partial charge in [-0.1, -0.05) is 48.5 Å². The molecule has 2 heteroatoms. The molecule has 0 radical (unpaired) electrons. The molecule has 1 nitrogen and oxygen atoms in total. The monoisotopic (exact) mass is 329 g/mol. The van der Waals surface area contributed by atoms with E-state index < -0.39 is 0 Å². The van der Waals surface area contributed by atoms with Crippen molar-refractivity contribution in [1.82, 2.24) is 0 Å². The first-order valence-electron chi connectivity index (χ1n) is 8.79. The van der Waals surface area contributed by atoms with Gasteiger partial charge in [-0.3, -0.25) is 0 Å². The Balaban J connectivity index is 2.03. The van der Waals surface area contributed by atoms with Crippen molar-refractivity contribution >= 4 is 10.8 Å². The highest BCUT2D eigenvalue weighted by atomic mass is 19.1. The number of rotatable bonds is 2. The van der Waals surface area contributed by atoms with Gasteiger partial charge in [0, 0.05) is 11.6 Å². The Labute approximate surface area is 148 Å². The zero-order valence-electron chi connectivity index (χ0n) is 15.3. The second-order valence-corrected chi connectivity index (χ2v) is 6.30. The second-order valence-electron chi connectivity index (χ2n) is 6.30. The number of fused-ring (bicyclic) bond motifs is 1. The van der Waals surface area contributed by atoms with E-state index in [4.69, 9.17) is 1.37 Å². The normalized spacial score (nSPS) is 11.6. The number of hydrogen-bond acceptors (Lipinski definition) is 0. The Bertz CT molecular complexity index is 1120. The van der Waals surface area contributed by atoms with Crippen LogP contribution in [-0.2, 0) is 7.05 Å². The minimum Gasteiger partial charge on any atom is -0.206 e. The van der Waals surface area contributed by atoms with E-state index in [1.165, 1.54) is 0 Å². The summed E-state index contributed by atoms with van der Waals surface area (Å²) in [4.78, 5) is 0. The molecule has 1 aromatic heterocycles. The van der Waals surface area contributed by atoms with Crippen LogP contribution in [0.1, 0.15) is 6.93 Å². The van der Waals surface area contributed by atoms with Crippen LogP contribution in [0.3, 0.4) is 0 Å². The summed E-state index contributed by atoms with van der Waals surface area (Å²) < 4.78 is 24.6. The average Bonchev–Trinajstić information content (AvgIpc) is 2.63. The Kier molecular flexibility index (Phi) is 3.52. The maximum Gasteiger partial charge on any atom is 0.220 e. The molecule has 25 heavy (non-hydrogen) atoms. The minimum absolute atomic E-state index is 0.214. The molecule has 4 aromatic rings. The van der Waals surface area contributed by atoms with Crippen LogP contribution in [0.4, 0.5) is 4.39 Å². The lowest BCUT2D eigenvalue weighted by Gasteiger charge is -2.11. The molecular weight excluding hydrogens is 309 g/mol. The Morgan fingerprint density at radius 2 is 1.72 bits per heavy atom. The summed E-state index contributed by atoms with van der Waals surface area (Å²) in [5, 5.41) is 2.07. The predicted octanol–water partition coefficient (Wildman–Crippen LogP) is 5.45. The van der Waals surface area contributed by atoms with Gasteiger partial charge in [0.15, 0.2) is 6.20 Å². The van der Waals surface area contributed by atoms with E-state index in [-0.39, 0.29) is 5.82 Å². The zero-order valence-corrected chi connectivity index (χ0v) is 14.3. The van der Waals surface area contributed by atoms with Gasteiger partial charge < -0.3 is 0 Å². The predicted molar refractivity (Wildman–Crippen MR) is 101 cm³/mol. The van der Waals surface area contributed by atoms with Crippen molar-refractivity contribution in [3.05, 3.63) is 90.3 Å². The van der Waals surface area contributed by atoms with Gasteiger partial charge in [-0.05, 0) is 41.6 Å². The zero-order chi connectivity index (χ0) is 18.3. The molecule has 0 aliphatic carbocycles. The fraction of sp³-hybridized carbons (Fsp3) is 0.0870. The first-order chi connectivity index (χ1) is 12.5. The van der Waals surface area contributed by atoms with E-state index in [1.54, 1.807) is 12.1 Å². The summed E-state index contributed by atoms with van der Waals surface area (Å²) >= 11 is 0. The molecule has 3 aromatic carbocycles. The summed E-state index contributed by atoms with van der Waals surface area (Å²) in [7, 11) is 1.99. The molecule has 122 valence electrons. The summed E-state index contributed by atoms with van der Waals surface area (Å²) in [6, 6.07) is 21.3. The van der Waals surface area contributed by atoms with Crippen LogP contribution < -0.4 is 4.57 Å². The SMILES string of the molecule is [2H]c1ccc2c(-c3cc(-c4ccccc4)c(F)cc3C)[n+](C)ccc2c1. The van der Waals surface area contributed by atoms with Crippen molar-refractivity contribution in [2.75, 3.05) is 0 Å². The molecule has 0 atom stereocenters. The fourth-order valence-electron chi connectivity index (χ4n) is 3.36. The molecular formula is C23H19FN+. The van der Waals surface area contributed by atoms with Crippen molar-refractivity contribution in [1.29, 1.82) is 0 Å². The van der Waals surface area contributed by atoms with E-state index in [0.29, 0.717) is 11.6 Å². The number of hydrogen-bond donors (Lipinski definition) is 0. The van der Waals surface area contributed by atoms with Crippen LogP contribution in [0.5, 0.6) is 0 Å². The quantitative estimate of drug-likeness (QED) is 0.431. The Morgan fingerprint density at radius 3 is 2.52 bits per heavy atom. The third kappa shape index (κ3) is 2.70. The van der Waals surface area contributed by atoms with Gasteiger partial charge in [0.1, 0.15) is 12.9 Å². The second kappa shape index (κ2) is 6.14. The number of pyridine rings is 1. The summed E-state index contributed by atoms with van der Waals surface area (Å²) in [6.07, 6.45) is 1.99. The van der Waals surface area contributed by atoms with Crippen molar-refractivity contribution in [3.8, 4) is 22.4 Å². The van der Waals surface area contributed by atoms with Crippen molar-refractivity contribution < 1.29 is 10.3 Å². The number of benzene rings is 3. The maximum absolute atomic E-state index is 14.7. The maximum atomic E-state index is 14.7. The molecule has 0 amide bonds. The molecule has 0 fully saturated rings. The molecule has 0 N–H and O–H groups in total. The average molecular weight is 329 g/mol. The summed E-state index contributed by atoms with van der Waals surface area (Å²) in [5.74, 6) is -0.214. The lowest BCUT2D eigenvalue weighted by atomic mass is 9.94. The van der Waals surface area contributed by atoms with E-state index in [0.717, 1.165) is 33.2 Å². The van der Waals surface area contributed by atoms with Gasteiger partial charge in [-0.15, -0.1) is 0 Å². The van der Waals surface area contributed by atoms with Gasteiger partial charge in [0.05, 0.1) is 12.3 Å². The molecule has 1 heterocycles. The molecule has 0 saturated carbocycles. The third-order valence-electron chi connectivity index (χ3n) is 4.64. The van der Waals surface area contributed by atoms with Gasteiger partial charge in [0.2, 0.25) is 5.69 Å². The Hall–Kier alpha value is -3.00. The Morgan fingerprint density at radius 1 is 0.920 bits per heavy atom. The largest absolute Gasteiger partial charge is 0.220 e. The molecule has 0 bridgehead atoms. The van der Waals surface area contributed by atoms with E-state index in [9.17, 15) is 4.39 Å². The highest BCUT2D eigenvalue weighted by Gasteiger charge is 2.19. The topological polar surface area (TPSA) is 3.88 Å². The standard InChI is InChI=1S/C23H19FN/c1-16-14-22(24)21(17-8-4-3-5-9-17)15-20(16)23-19-11-7-6-10-18(19)12-13-25(23)2/h3-15H,1-2H3/q+1/i6D. The minimum atomic E-state index is -0.214. The highest BCUT2D eigenvalue weighted by Crippen LogP contribution is 2.33. The van der Waals surface area contributed by atoms with Crippen LogP contribution in [0.2, 0.25) is 0 Å². The fourth-order valence-corrected chi connectivity index (χ4v) is 3.36. The van der Waals surface area contributed by atoms with Crippen LogP contribution in [-0.4, -0.2) is 0 Å². The van der Waals surface area contributed by atoms with Crippen LogP contribution in [0.25, 0.3) is 33.2 Å². The summed E-state index contributed by atoms with van der Waals surface area (Å²) in [6.45, 7) is 1.94. The first kappa shape index (κ1) is 14.4. The lowest BCUT2D eigenvalue weighted by Crippen LogP contribution is -2.30. The lowest BCUT2D eigenvalue weighted by molar-refractivity contribution is -0.659. The van der Waals surface area contributed by atoms with Gasteiger partial charge in [-0.25, -0.2) is 8.96 Å². The number of nitrogens with zero attached hydrogens (tertiary/aromatic N) is 1. The molecule has 0 aliphatic rings. The first-order valence-corrected chi connectivity index (χ1v) is 8.29. The van der Waals surface area contributed by atoms with Crippen LogP contribution >= 0.6 is 0 Å². The van der Waals surface area contributed by atoms with Crippen LogP contribution in [0.15, 0.2) is 79.0 Å². The third-order valence-corrected chi connectivity index (χ3v) is 4.64. The van der Waals surface area contributed by atoms with Crippen LogP contribution in [0, 0.1) is 12.7 Å². The number of aryl methyl sites for hydroxylation is 2.